The Kier molecular flexibility index (Phi) is 9.65. The number of carbonyl (C=O) groups is 1. The number of benzene rings is 3. The monoisotopic (exact) mass is 634 g/mol. The van der Waals surface area contributed by atoms with Crippen LogP contribution in [-0.4, -0.2) is 36.2 Å². The Morgan fingerprint density at radius 3 is 2.39 bits per heavy atom. The van der Waals surface area contributed by atoms with Gasteiger partial charge >= 0.3 is 0 Å². The molecule has 1 saturated heterocycles. The van der Waals surface area contributed by atoms with Gasteiger partial charge in [-0.2, -0.15) is 0 Å². The summed E-state index contributed by atoms with van der Waals surface area (Å²) in [6, 6.07) is 16.4. The van der Waals surface area contributed by atoms with Gasteiger partial charge in [0.2, 0.25) is 0 Å². The summed E-state index contributed by atoms with van der Waals surface area (Å²) in [5.74, 6) is 1.78. The summed E-state index contributed by atoms with van der Waals surface area (Å²) >= 11 is 17.1. The van der Waals surface area contributed by atoms with Crippen molar-refractivity contribution in [2.45, 2.75) is 20.5 Å². The number of amides is 1. The van der Waals surface area contributed by atoms with Crippen molar-refractivity contribution < 1.29 is 19.0 Å². The minimum absolute atomic E-state index is 0.102. The van der Waals surface area contributed by atoms with Gasteiger partial charge in [-0.05, 0) is 91.3 Å². The van der Waals surface area contributed by atoms with Crippen LogP contribution in [0.15, 0.2) is 69.0 Å². The number of thioether (sulfide) groups is 1. The molecular weight excluding hydrogens is 611 g/mol. The second kappa shape index (κ2) is 12.9. The topological polar surface area (TPSA) is 60.4 Å². The van der Waals surface area contributed by atoms with Crippen LogP contribution in [0.2, 0.25) is 10.0 Å². The maximum Gasteiger partial charge on any atom is 0.266 e. The summed E-state index contributed by atoms with van der Waals surface area (Å²) < 4.78 is 17.9. The van der Waals surface area contributed by atoms with E-state index in [4.69, 9.17) is 42.4 Å². The van der Waals surface area contributed by atoms with Crippen LogP contribution in [-0.2, 0) is 11.4 Å². The minimum atomic E-state index is -0.102. The van der Waals surface area contributed by atoms with E-state index in [1.165, 1.54) is 11.8 Å². The first-order valence-corrected chi connectivity index (χ1v) is 14.2. The number of ether oxygens (including phenoxy) is 3. The lowest BCUT2D eigenvalue weighted by Gasteiger charge is -2.14. The summed E-state index contributed by atoms with van der Waals surface area (Å²) in [4.78, 5) is 20.1. The van der Waals surface area contributed by atoms with Crippen LogP contribution in [0.5, 0.6) is 17.2 Å². The number of rotatable bonds is 9. The lowest BCUT2D eigenvalue weighted by molar-refractivity contribution is -0.122. The van der Waals surface area contributed by atoms with E-state index in [9.17, 15) is 4.79 Å². The molecule has 0 aliphatic carbocycles. The van der Waals surface area contributed by atoms with Gasteiger partial charge in [0, 0.05) is 11.0 Å². The van der Waals surface area contributed by atoms with Gasteiger partial charge in [-0.15, -0.1) is 0 Å². The Balaban J connectivity index is 1.59. The maximum absolute atomic E-state index is 13.2. The Labute approximate surface area is 244 Å². The third-order valence-corrected chi connectivity index (χ3v) is 7.96. The molecule has 4 rings (SSSR count). The van der Waals surface area contributed by atoms with Crippen molar-refractivity contribution in [1.29, 1.82) is 0 Å². The molecule has 0 bridgehead atoms. The molecule has 0 N–H and O–H groups in total. The fraction of sp³-hybridized carbons (Fsp3) is 0.214. The van der Waals surface area contributed by atoms with Crippen molar-refractivity contribution in [2.24, 2.45) is 4.99 Å². The molecule has 0 unspecified atom stereocenters. The van der Waals surface area contributed by atoms with Gasteiger partial charge in [-0.3, -0.25) is 9.69 Å². The third kappa shape index (κ3) is 6.67. The van der Waals surface area contributed by atoms with Gasteiger partial charge in [-0.25, -0.2) is 4.99 Å². The molecule has 6 nitrogen and oxygen atoms in total. The van der Waals surface area contributed by atoms with Gasteiger partial charge < -0.3 is 14.2 Å². The molecule has 0 aromatic heterocycles. The number of halogens is 3. The van der Waals surface area contributed by atoms with Crippen molar-refractivity contribution >= 4 is 73.7 Å². The summed E-state index contributed by atoms with van der Waals surface area (Å²) in [6.07, 6.45) is 1.83. The second-order valence-electron chi connectivity index (χ2n) is 8.04. The molecule has 198 valence electrons. The first kappa shape index (κ1) is 28.4. The Morgan fingerprint density at radius 2 is 1.74 bits per heavy atom. The molecule has 3 aromatic carbocycles. The molecule has 1 aliphatic rings. The zero-order valence-corrected chi connectivity index (χ0v) is 24.9. The zero-order chi connectivity index (χ0) is 27.2. The zero-order valence-electron chi connectivity index (χ0n) is 21.0. The number of carbonyl (C=O) groups excluding carboxylic acids is 1. The first-order valence-electron chi connectivity index (χ1n) is 11.8. The number of methoxy groups -OCH3 is 1. The quantitative estimate of drug-likeness (QED) is 0.221. The van der Waals surface area contributed by atoms with Crippen molar-refractivity contribution in [1.82, 2.24) is 4.90 Å². The number of likely N-dealkylation sites (N-methyl/N-ethyl adjacent to an activating group) is 1. The number of hydrogen-bond donors (Lipinski definition) is 0. The molecule has 1 aliphatic heterocycles. The SMILES string of the molecule is CCOc1cc(/C=C2/SC(=Nc3ccc(OC)cc3)N(CC)C2=O)c(Br)cc1OCc1ccc(Cl)c(Cl)c1. The van der Waals surface area contributed by atoms with Gasteiger partial charge in [-0.1, -0.05) is 45.2 Å². The van der Waals surface area contributed by atoms with Crippen LogP contribution >= 0.6 is 50.9 Å². The summed E-state index contributed by atoms with van der Waals surface area (Å²) in [5, 5.41) is 1.58. The maximum atomic E-state index is 13.2. The Hall–Kier alpha value is -2.65. The van der Waals surface area contributed by atoms with Gasteiger partial charge in [0.1, 0.15) is 12.4 Å². The normalized spacial score (nSPS) is 15.4. The molecular formula is C28H25BrCl2N2O4S. The van der Waals surface area contributed by atoms with Crippen LogP contribution in [0.1, 0.15) is 25.0 Å². The molecule has 3 aromatic rings. The van der Waals surface area contributed by atoms with E-state index < -0.39 is 0 Å². The molecule has 1 fully saturated rings. The Bertz CT molecular complexity index is 1400. The van der Waals surface area contributed by atoms with E-state index in [0.717, 1.165) is 27.0 Å². The number of hydrogen-bond acceptors (Lipinski definition) is 6. The number of aliphatic imine (C=N–C) groups is 1. The molecule has 0 saturated carbocycles. The van der Waals surface area contributed by atoms with E-state index in [1.54, 1.807) is 24.1 Å². The molecule has 1 heterocycles. The first-order chi connectivity index (χ1) is 18.3. The van der Waals surface area contributed by atoms with Crippen LogP contribution in [0.25, 0.3) is 6.08 Å². The molecule has 1 amide bonds. The Morgan fingerprint density at radius 1 is 1.00 bits per heavy atom. The summed E-state index contributed by atoms with van der Waals surface area (Å²) in [6.45, 7) is 5.07. The molecule has 0 atom stereocenters. The molecule has 38 heavy (non-hydrogen) atoms. The lowest BCUT2D eigenvalue weighted by Crippen LogP contribution is -2.28. The van der Waals surface area contributed by atoms with Gasteiger partial charge in [0.25, 0.3) is 5.91 Å². The molecule has 0 radical (unpaired) electrons. The van der Waals surface area contributed by atoms with Crippen molar-refractivity contribution in [3.8, 4) is 17.2 Å². The fourth-order valence-corrected chi connectivity index (χ4v) is 5.42. The van der Waals surface area contributed by atoms with Crippen molar-refractivity contribution in [3.05, 3.63) is 85.1 Å². The second-order valence-corrected chi connectivity index (χ2v) is 10.7. The van der Waals surface area contributed by atoms with Crippen LogP contribution in [0.4, 0.5) is 5.69 Å². The highest BCUT2D eigenvalue weighted by Crippen LogP contribution is 2.39. The predicted octanol–water partition coefficient (Wildman–Crippen LogP) is 8.37. The smallest absolute Gasteiger partial charge is 0.266 e. The number of amidine groups is 1. The van der Waals surface area contributed by atoms with E-state index >= 15 is 0 Å². The van der Waals surface area contributed by atoms with E-state index in [-0.39, 0.29) is 12.5 Å². The van der Waals surface area contributed by atoms with E-state index in [0.29, 0.717) is 44.8 Å². The van der Waals surface area contributed by atoms with Crippen molar-refractivity contribution in [2.75, 3.05) is 20.3 Å². The van der Waals surface area contributed by atoms with Crippen LogP contribution < -0.4 is 14.2 Å². The lowest BCUT2D eigenvalue weighted by atomic mass is 10.1. The van der Waals surface area contributed by atoms with Crippen LogP contribution in [0, 0.1) is 0 Å². The van der Waals surface area contributed by atoms with Gasteiger partial charge in [0.05, 0.1) is 34.4 Å². The third-order valence-electron chi connectivity index (χ3n) is 5.53. The highest BCUT2D eigenvalue weighted by atomic mass is 79.9. The minimum Gasteiger partial charge on any atom is -0.497 e. The number of nitrogens with zero attached hydrogens (tertiary/aromatic N) is 2. The summed E-state index contributed by atoms with van der Waals surface area (Å²) in [7, 11) is 1.62. The van der Waals surface area contributed by atoms with E-state index in [2.05, 4.69) is 15.9 Å². The van der Waals surface area contributed by atoms with Crippen molar-refractivity contribution in [3.63, 3.8) is 0 Å². The standard InChI is InChI=1S/C28H25BrCl2N2O4S/c1-4-33-27(34)26(38-28(33)32-19-7-9-20(35-3)10-8-19)14-18-13-24(36-5-2)25(15-21(18)29)37-16-17-6-11-22(30)23(31)12-17/h6-15H,4-5,16H2,1-3H3/b26-14+,32-28?. The highest BCUT2D eigenvalue weighted by molar-refractivity contribution is 9.10. The largest absolute Gasteiger partial charge is 0.497 e. The van der Waals surface area contributed by atoms with E-state index in [1.807, 2.05) is 62.4 Å². The summed E-state index contributed by atoms with van der Waals surface area (Å²) in [5.41, 5.74) is 2.40. The molecule has 0 spiro atoms. The highest BCUT2D eigenvalue weighted by Gasteiger charge is 2.32. The molecule has 10 heteroatoms. The fourth-order valence-electron chi connectivity index (χ4n) is 3.61. The van der Waals surface area contributed by atoms with Crippen LogP contribution in [0.3, 0.4) is 0 Å². The van der Waals surface area contributed by atoms with Gasteiger partial charge in [0.15, 0.2) is 16.7 Å². The average Bonchev–Trinajstić information content (AvgIpc) is 3.20. The average molecular weight is 636 g/mol. The predicted molar refractivity (Wildman–Crippen MR) is 159 cm³/mol.